The van der Waals surface area contributed by atoms with E-state index < -0.39 is 35.9 Å². The highest BCUT2D eigenvalue weighted by Gasteiger charge is 2.44. The first kappa shape index (κ1) is 24.6. The zero-order valence-electron chi connectivity index (χ0n) is 18.9. The minimum atomic E-state index is -4.09. The van der Waals surface area contributed by atoms with Gasteiger partial charge in [0.2, 0.25) is 5.91 Å². The van der Waals surface area contributed by atoms with Gasteiger partial charge in [0.15, 0.2) is 0 Å². The van der Waals surface area contributed by atoms with Gasteiger partial charge in [0, 0.05) is 25.7 Å². The van der Waals surface area contributed by atoms with E-state index in [-0.39, 0.29) is 45.1 Å². The third-order valence-corrected chi connectivity index (χ3v) is 6.63. The number of benzene rings is 2. The van der Waals surface area contributed by atoms with Crippen LogP contribution in [0, 0.1) is 5.41 Å². The summed E-state index contributed by atoms with van der Waals surface area (Å²) in [5.41, 5.74) is 3.08. The van der Waals surface area contributed by atoms with Gasteiger partial charge in [0.25, 0.3) is 0 Å². The first-order valence-corrected chi connectivity index (χ1v) is 11.3. The molecular formula is C25H26F2N2O6. The van der Waals surface area contributed by atoms with Gasteiger partial charge in [-0.25, -0.2) is 9.59 Å². The maximum Gasteiger partial charge on any atom is 0.407 e. The number of alkyl carbamates (subject to hydrolysis) is 1. The third kappa shape index (κ3) is 5.12. The van der Waals surface area contributed by atoms with Crippen LogP contribution in [0.25, 0.3) is 11.1 Å². The van der Waals surface area contributed by atoms with Crippen molar-refractivity contribution < 1.29 is 37.7 Å². The van der Waals surface area contributed by atoms with E-state index in [0.717, 1.165) is 22.3 Å². The van der Waals surface area contributed by atoms with Crippen LogP contribution in [-0.4, -0.2) is 61.9 Å². The summed E-state index contributed by atoms with van der Waals surface area (Å²) in [5, 5.41) is 13.2. The smallest absolute Gasteiger partial charge is 0.407 e. The quantitative estimate of drug-likeness (QED) is 0.526. The first-order valence-electron chi connectivity index (χ1n) is 11.3. The Labute approximate surface area is 200 Å². The van der Waals surface area contributed by atoms with E-state index in [1.54, 1.807) is 0 Å². The van der Waals surface area contributed by atoms with Crippen molar-refractivity contribution in [1.29, 1.82) is 0 Å². The van der Waals surface area contributed by atoms with Gasteiger partial charge in [-0.2, -0.15) is 8.78 Å². The summed E-state index contributed by atoms with van der Waals surface area (Å²) in [7, 11) is 0. The van der Waals surface area contributed by atoms with Crippen LogP contribution in [0.2, 0.25) is 0 Å². The lowest BCUT2D eigenvalue weighted by atomic mass is 9.79. The normalized spacial score (nSPS) is 16.6. The average molecular weight is 488 g/mol. The van der Waals surface area contributed by atoms with E-state index in [1.165, 1.54) is 0 Å². The molecule has 186 valence electrons. The highest BCUT2D eigenvalue weighted by molar-refractivity contribution is 5.85. The molecule has 1 fully saturated rings. The SMILES string of the molecule is O=C(NCC1(C(=O)NCC(F)(F)C(=O)O)CCOCC1)OCC1c2ccccc2-c2ccccc21. The summed E-state index contributed by atoms with van der Waals surface area (Å²) in [4.78, 5) is 35.9. The lowest BCUT2D eigenvalue weighted by molar-refractivity contribution is -0.165. The minimum Gasteiger partial charge on any atom is -0.477 e. The minimum absolute atomic E-state index is 0.0903. The summed E-state index contributed by atoms with van der Waals surface area (Å²) in [6, 6.07) is 15.8. The Morgan fingerprint density at radius 1 is 1.00 bits per heavy atom. The summed E-state index contributed by atoms with van der Waals surface area (Å²) in [6.07, 6.45) is -0.371. The number of aliphatic carboxylic acids is 1. The van der Waals surface area contributed by atoms with E-state index in [1.807, 2.05) is 53.8 Å². The van der Waals surface area contributed by atoms with Crippen molar-refractivity contribution in [3.8, 4) is 11.1 Å². The van der Waals surface area contributed by atoms with E-state index in [2.05, 4.69) is 5.32 Å². The monoisotopic (exact) mass is 488 g/mol. The number of carbonyl (C=O) groups excluding carboxylic acids is 2. The number of carbonyl (C=O) groups is 3. The molecule has 0 unspecified atom stereocenters. The predicted octanol–water partition coefficient (Wildman–Crippen LogP) is 3.16. The number of amides is 2. The number of carboxylic acids is 1. The topological polar surface area (TPSA) is 114 Å². The molecule has 0 saturated carbocycles. The van der Waals surface area contributed by atoms with Crippen LogP contribution in [0.1, 0.15) is 29.9 Å². The first-order chi connectivity index (χ1) is 16.7. The van der Waals surface area contributed by atoms with Crippen LogP contribution in [0.4, 0.5) is 13.6 Å². The van der Waals surface area contributed by atoms with Crippen LogP contribution in [0.15, 0.2) is 48.5 Å². The number of rotatable bonds is 8. The van der Waals surface area contributed by atoms with Crippen molar-refractivity contribution in [3.63, 3.8) is 0 Å². The zero-order chi connectivity index (χ0) is 25.1. The molecule has 0 bridgehead atoms. The Morgan fingerprint density at radius 3 is 2.14 bits per heavy atom. The Hall–Kier alpha value is -3.53. The molecule has 2 amide bonds. The molecule has 8 nitrogen and oxygen atoms in total. The Kier molecular flexibility index (Phi) is 7.02. The summed E-state index contributed by atoms with van der Waals surface area (Å²) in [5.74, 6) is -7.31. The number of halogens is 2. The van der Waals surface area contributed by atoms with Gasteiger partial charge in [-0.05, 0) is 35.1 Å². The number of fused-ring (bicyclic) bond motifs is 3. The largest absolute Gasteiger partial charge is 0.477 e. The van der Waals surface area contributed by atoms with E-state index in [9.17, 15) is 23.2 Å². The number of ether oxygens (including phenoxy) is 2. The van der Waals surface area contributed by atoms with Crippen molar-refractivity contribution in [3.05, 3.63) is 59.7 Å². The number of hydrogen-bond acceptors (Lipinski definition) is 5. The fourth-order valence-corrected chi connectivity index (χ4v) is 4.59. The molecule has 0 spiro atoms. The Morgan fingerprint density at radius 2 is 1.57 bits per heavy atom. The molecule has 1 aliphatic heterocycles. The molecule has 2 aromatic rings. The maximum atomic E-state index is 13.4. The Bertz CT molecular complexity index is 1070. The summed E-state index contributed by atoms with van der Waals surface area (Å²) < 4.78 is 37.7. The van der Waals surface area contributed by atoms with Gasteiger partial charge in [-0.1, -0.05) is 48.5 Å². The molecule has 0 atom stereocenters. The van der Waals surface area contributed by atoms with E-state index in [0.29, 0.717) is 0 Å². The van der Waals surface area contributed by atoms with E-state index in [4.69, 9.17) is 14.6 Å². The molecule has 1 heterocycles. The lowest BCUT2D eigenvalue weighted by Crippen LogP contribution is -2.54. The van der Waals surface area contributed by atoms with Crippen molar-refractivity contribution in [2.75, 3.05) is 32.9 Å². The van der Waals surface area contributed by atoms with Crippen LogP contribution >= 0.6 is 0 Å². The molecule has 35 heavy (non-hydrogen) atoms. The van der Waals surface area contributed by atoms with Crippen LogP contribution < -0.4 is 10.6 Å². The van der Waals surface area contributed by atoms with Gasteiger partial charge in [0.1, 0.15) is 6.61 Å². The van der Waals surface area contributed by atoms with Crippen LogP contribution in [-0.2, 0) is 19.1 Å². The summed E-state index contributed by atoms with van der Waals surface area (Å²) >= 11 is 0. The highest BCUT2D eigenvalue weighted by atomic mass is 19.3. The maximum absolute atomic E-state index is 13.4. The fourth-order valence-electron chi connectivity index (χ4n) is 4.59. The standard InChI is InChI=1S/C25H26F2N2O6/c26-25(27,22(31)32)15-28-21(30)24(9-11-34-12-10-24)14-29-23(33)35-13-20-18-7-3-1-5-16(18)17-6-2-4-8-19(17)20/h1-8,20H,9-15H2,(H,28,30)(H,29,33)(H,31,32). The van der Waals surface area contributed by atoms with Gasteiger partial charge in [-0.3, -0.25) is 4.79 Å². The number of hydrogen-bond donors (Lipinski definition) is 3. The van der Waals surface area contributed by atoms with Crippen molar-refractivity contribution in [2.24, 2.45) is 5.41 Å². The average Bonchev–Trinajstić information content (AvgIpc) is 3.19. The van der Waals surface area contributed by atoms with Crippen molar-refractivity contribution >= 4 is 18.0 Å². The zero-order valence-corrected chi connectivity index (χ0v) is 18.9. The van der Waals surface area contributed by atoms with E-state index >= 15 is 0 Å². The highest BCUT2D eigenvalue weighted by Crippen LogP contribution is 2.44. The summed E-state index contributed by atoms with van der Waals surface area (Å²) in [6.45, 7) is -0.997. The second kappa shape index (κ2) is 9.99. The molecule has 1 saturated heterocycles. The van der Waals surface area contributed by atoms with Gasteiger partial charge >= 0.3 is 18.0 Å². The Balaban J connectivity index is 1.37. The predicted molar refractivity (Wildman–Crippen MR) is 121 cm³/mol. The van der Waals surface area contributed by atoms with Gasteiger partial charge in [-0.15, -0.1) is 0 Å². The van der Waals surface area contributed by atoms with Crippen LogP contribution in [0.3, 0.4) is 0 Å². The van der Waals surface area contributed by atoms with Gasteiger partial charge < -0.3 is 25.2 Å². The molecule has 0 radical (unpaired) electrons. The number of carboxylic acid groups (broad SMARTS) is 1. The molecule has 2 aromatic carbocycles. The molecule has 2 aliphatic rings. The molecule has 3 N–H and O–H groups in total. The number of nitrogens with one attached hydrogen (secondary N) is 2. The lowest BCUT2D eigenvalue weighted by Gasteiger charge is -2.36. The second-order valence-corrected chi connectivity index (χ2v) is 8.76. The molecular weight excluding hydrogens is 462 g/mol. The van der Waals surface area contributed by atoms with Crippen molar-refractivity contribution in [1.82, 2.24) is 10.6 Å². The van der Waals surface area contributed by atoms with Gasteiger partial charge in [0.05, 0.1) is 12.0 Å². The third-order valence-electron chi connectivity index (χ3n) is 6.63. The fraction of sp³-hybridized carbons (Fsp3) is 0.400. The molecule has 4 rings (SSSR count). The molecule has 10 heteroatoms. The molecule has 0 aromatic heterocycles. The van der Waals surface area contributed by atoms with Crippen LogP contribution in [0.5, 0.6) is 0 Å². The molecule has 1 aliphatic carbocycles. The number of alkyl halides is 2. The second-order valence-electron chi connectivity index (χ2n) is 8.76. The van der Waals surface area contributed by atoms with Crippen molar-refractivity contribution in [2.45, 2.75) is 24.7 Å².